The molecule has 0 aliphatic carbocycles. The molecular weight excluding hydrogens is 284 g/mol. The molecule has 0 spiro atoms. The van der Waals surface area contributed by atoms with Crippen molar-refractivity contribution in [3.8, 4) is 0 Å². The maximum Gasteiger partial charge on any atom is 0.303 e. The van der Waals surface area contributed by atoms with E-state index in [1.165, 1.54) is 5.56 Å². The van der Waals surface area contributed by atoms with Gasteiger partial charge in [0.2, 0.25) is 0 Å². The Morgan fingerprint density at radius 3 is 2.41 bits per heavy atom. The molecular formula is C17H26O5. The van der Waals surface area contributed by atoms with Crippen LogP contribution in [-0.4, -0.2) is 41.3 Å². The zero-order valence-electron chi connectivity index (χ0n) is 13.5. The summed E-state index contributed by atoms with van der Waals surface area (Å²) in [5.74, 6) is -1.03. The van der Waals surface area contributed by atoms with Crippen LogP contribution in [0, 0.1) is 5.92 Å². The van der Waals surface area contributed by atoms with E-state index in [1.807, 2.05) is 51.1 Å². The third-order valence-corrected chi connectivity index (χ3v) is 3.15. The maximum absolute atomic E-state index is 9.81. The van der Waals surface area contributed by atoms with E-state index in [-0.39, 0.29) is 25.0 Å². The minimum absolute atomic E-state index is 0.0182. The summed E-state index contributed by atoms with van der Waals surface area (Å²) in [7, 11) is 0. The fourth-order valence-corrected chi connectivity index (χ4v) is 2.19. The predicted molar refractivity (Wildman–Crippen MR) is 83.6 cm³/mol. The molecule has 0 amide bonds. The highest BCUT2D eigenvalue weighted by atomic mass is 16.7. The molecule has 0 aromatic heterocycles. The van der Waals surface area contributed by atoms with Crippen molar-refractivity contribution in [1.82, 2.24) is 0 Å². The second-order valence-corrected chi connectivity index (χ2v) is 6.02. The molecule has 0 radical (unpaired) electrons. The van der Waals surface area contributed by atoms with E-state index in [2.05, 4.69) is 0 Å². The van der Waals surface area contributed by atoms with Gasteiger partial charge in [-0.05, 0) is 18.4 Å². The Labute approximate surface area is 131 Å². The summed E-state index contributed by atoms with van der Waals surface area (Å²) in [5.41, 5.74) is 1.18. The van der Waals surface area contributed by atoms with Gasteiger partial charge in [-0.2, -0.15) is 0 Å². The van der Waals surface area contributed by atoms with E-state index >= 15 is 0 Å². The third kappa shape index (κ3) is 7.02. The Bertz CT molecular complexity index is 446. The van der Waals surface area contributed by atoms with Crippen molar-refractivity contribution in [2.45, 2.75) is 45.5 Å². The molecule has 5 heteroatoms. The maximum atomic E-state index is 9.81. The molecule has 0 bridgehead atoms. The fourth-order valence-electron chi connectivity index (χ4n) is 2.19. The largest absolute Gasteiger partial charge is 0.481 e. The number of hydrogen-bond acceptors (Lipinski definition) is 4. The van der Waals surface area contributed by atoms with Crippen molar-refractivity contribution in [2.75, 3.05) is 13.2 Å². The number of aliphatic hydroxyl groups excluding tert-OH is 1. The van der Waals surface area contributed by atoms with Gasteiger partial charge in [-0.1, -0.05) is 44.2 Å². The monoisotopic (exact) mass is 310 g/mol. The summed E-state index contributed by atoms with van der Waals surface area (Å²) in [5, 5.41) is 17.0. The summed E-state index contributed by atoms with van der Waals surface area (Å²) >= 11 is 0. The quantitative estimate of drug-likeness (QED) is 0.874. The van der Waals surface area contributed by atoms with Gasteiger partial charge < -0.3 is 19.7 Å². The molecule has 1 aromatic rings. The summed E-state index contributed by atoms with van der Waals surface area (Å²) in [6.45, 7) is 6.17. The lowest BCUT2D eigenvalue weighted by Gasteiger charge is -2.23. The van der Waals surface area contributed by atoms with Gasteiger partial charge in [0, 0.05) is 12.8 Å². The minimum Gasteiger partial charge on any atom is -0.481 e. The smallest absolute Gasteiger partial charge is 0.303 e. The van der Waals surface area contributed by atoms with Crippen LogP contribution >= 0.6 is 0 Å². The van der Waals surface area contributed by atoms with Gasteiger partial charge in [-0.3, -0.25) is 4.79 Å². The summed E-state index contributed by atoms with van der Waals surface area (Å²) < 4.78 is 11.2. The molecule has 1 aromatic carbocycles. The second-order valence-electron chi connectivity index (χ2n) is 6.02. The first-order chi connectivity index (χ1) is 10.3. The number of aliphatic carboxylic acids is 1. The lowest BCUT2D eigenvalue weighted by Crippen LogP contribution is -2.30. The first-order valence-electron chi connectivity index (χ1n) is 7.53. The number of ether oxygens (including phenoxy) is 2. The van der Waals surface area contributed by atoms with Gasteiger partial charge in [-0.15, -0.1) is 0 Å². The summed E-state index contributed by atoms with van der Waals surface area (Å²) in [6, 6.07) is 10.1. The van der Waals surface area contributed by atoms with E-state index in [0.717, 1.165) is 0 Å². The highest BCUT2D eigenvalue weighted by Crippen LogP contribution is 2.26. The number of hydrogen-bond donors (Lipinski definition) is 2. The number of aliphatic hydroxyl groups is 1. The third-order valence-electron chi connectivity index (χ3n) is 3.15. The standard InChI is InChI=1S/C12H16O3.C5H10O2/c1-12(14-9-11(8-13)15-12)7-10-5-3-2-4-6-10;1-4(2)3-5(6)7/h2-6,11,13H,7-9H2,1H3;4H,3H2,1-2H3,(H,6,7). The van der Waals surface area contributed by atoms with Crippen LogP contribution < -0.4 is 0 Å². The van der Waals surface area contributed by atoms with E-state index in [4.69, 9.17) is 19.7 Å². The number of carboxylic acid groups (broad SMARTS) is 1. The molecule has 2 N–H and O–H groups in total. The van der Waals surface area contributed by atoms with Gasteiger partial charge in [0.15, 0.2) is 5.79 Å². The summed E-state index contributed by atoms with van der Waals surface area (Å²) in [4.78, 5) is 9.81. The van der Waals surface area contributed by atoms with Crippen LogP contribution in [0.2, 0.25) is 0 Å². The highest BCUT2D eigenvalue weighted by Gasteiger charge is 2.36. The summed E-state index contributed by atoms with van der Waals surface area (Å²) in [6.07, 6.45) is 0.809. The molecule has 0 saturated carbocycles. The van der Waals surface area contributed by atoms with Crippen LogP contribution in [0.5, 0.6) is 0 Å². The molecule has 124 valence electrons. The predicted octanol–water partition coefficient (Wildman–Crippen LogP) is 2.47. The first kappa shape index (κ1) is 18.6. The van der Waals surface area contributed by atoms with Gasteiger partial charge in [0.1, 0.15) is 6.10 Å². The lowest BCUT2D eigenvalue weighted by molar-refractivity contribution is -0.156. The number of rotatable bonds is 5. The molecule has 5 nitrogen and oxygen atoms in total. The van der Waals surface area contributed by atoms with Gasteiger partial charge in [0.05, 0.1) is 13.2 Å². The van der Waals surface area contributed by atoms with Crippen molar-refractivity contribution < 1.29 is 24.5 Å². The normalized spacial score (nSPS) is 24.0. The lowest BCUT2D eigenvalue weighted by atomic mass is 10.1. The molecule has 1 aliphatic rings. The molecule has 1 saturated heterocycles. The SMILES string of the molecule is CC(C)CC(=O)O.CC1(Cc2ccccc2)OCC(CO)O1. The van der Waals surface area contributed by atoms with Crippen LogP contribution in [0.3, 0.4) is 0 Å². The van der Waals surface area contributed by atoms with Crippen molar-refractivity contribution in [3.63, 3.8) is 0 Å². The van der Waals surface area contributed by atoms with Crippen LogP contribution in [0.4, 0.5) is 0 Å². The van der Waals surface area contributed by atoms with Crippen LogP contribution in [0.15, 0.2) is 30.3 Å². The molecule has 2 unspecified atom stereocenters. The van der Waals surface area contributed by atoms with Crippen LogP contribution in [0.1, 0.15) is 32.8 Å². The average Bonchev–Trinajstić information content (AvgIpc) is 2.80. The zero-order valence-corrected chi connectivity index (χ0v) is 13.5. The van der Waals surface area contributed by atoms with Crippen LogP contribution in [-0.2, 0) is 20.7 Å². The Kier molecular flexibility index (Phi) is 7.51. The van der Waals surface area contributed by atoms with E-state index in [0.29, 0.717) is 13.0 Å². The molecule has 1 fully saturated rings. The van der Waals surface area contributed by atoms with Crippen molar-refractivity contribution in [1.29, 1.82) is 0 Å². The average molecular weight is 310 g/mol. The first-order valence-corrected chi connectivity index (χ1v) is 7.53. The Morgan fingerprint density at radius 1 is 1.36 bits per heavy atom. The van der Waals surface area contributed by atoms with E-state index < -0.39 is 11.8 Å². The van der Waals surface area contributed by atoms with Gasteiger partial charge >= 0.3 is 5.97 Å². The topological polar surface area (TPSA) is 76.0 Å². The highest BCUT2D eigenvalue weighted by molar-refractivity contribution is 5.66. The molecule has 2 atom stereocenters. The Morgan fingerprint density at radius 2 is 2.00 bits per heavy atom. The van der Waals surface area contributed by atoms with Gasteiger partial charge in [-0.25, -0.2) is 0 Å². The Balaban J connectivity index is 0.000000295. The Hall–Kier alpha value is -1.43. The van der Waals surface area contributed by atoms with Crippen molar-refractivity contribution in [3.05, 3.63) is 35.9 Å². The van der Waals surface area contributed by atoms with Gasteiger partial charge in [0.25, 0.3) is 0 Å². The van der Waals surface area contributed by atoms with Crippen LogP contribution in [0.25, 0.3) is 0 Å². The number of carboxylic acids is 1. The number of carbonyl (C=O) groups is 1. The second kappa shape index (κ2) is 8.88. The molecule has 2 rings (SSSR count). The van der Waals surface area contributed by atoms with Crippen molar-refractivity contribution >= 4 is 5.97 Å². The van der Waals surface area contributed by atoms with E-state index in [9.17, 15) is 4.79 Å². The number of benzene rings is 1. The molecule has 1 heterocycles. The zero-order chi connectivity index (χ0) is 16.6. The van der Waals surface area contributed by atoms with Crippen molar-refractivity contribution in [2.24, 2.45) is 5.92 Å². The molecule has 22 heavy (non-hydrogen) atoms. The molecule has 1 aliphatic heterocycles. The fraction of sp³-hybridized carbons (Fsp3) is 0.588. The van der Waals surface area contributed by atoms with E-state index in [1.54, 1.807) is 0 Å². The minimum atomic E-state index is -0.713.